The van der Waals surface area contributed by atoms with E-state index in [9.17, 15) is 8.78 Å². The van der Waals surface area contributed by atoms with Crippen LogP contribution in [-0.2, 0) is 0 Å². The van der Waals surface area contributed by atoms with Gasteiger partial charge in [-0.3, -0.25) is 0 Å². The summed E-state index contributed by atoms with van der Waals surface area (Å²) in [4.78, 5) is 0. The Morgan fingerprint density at radius 1 is 1.05 bits per heavy atom. The first-order valence-corrected chi connectivity index (χ1v) is 6.77. The highest BCUT2D eigenvalue weighted by Gasteiger charge is 2.22. The van der Waals surface area contributed by atoms with E-state index in [0.29, 0.717) is 21.2 Å². The monoisotopic (exact) mass is 315 g/mol. The summed E-state index contributed by atoms with van der Waals surface area (Å²) < 4.78 is 28.2. The van der Waals surface area contributed by atoms with E-state index in [4.69, 9.17) is 23.2 Å². The van der Waals surface area contributed by atoms with E-state index in [1.165, 1.54) is 12.1 Å². The number of benzene rings is 2. The molecule has 0 saturated carbocycles. The fraction of sp³-hybridized carbons (Fsp3) is 0.200. The Kier molecular flexibility index (Phi) is 4.63. The highest BCUT2D eigenvalue weighted by Crippen LogP contribution is 2.31. The minimum absolute atomic E-state index is 0.0363. The molecule has 0 radical (unpaired) electrons. The zero-order chi connectivity index (χ0) is 14.9. The van der Waals surface area contributed by atoms with Gasteiger partial charge in [0.2, 0.25) is 0 Å². The van der Waals surface area contributed by atoms with E-state index in [1.807, 2.05) is 0 Å². The summed E-state index contributed by atoms with van der Waals surface area (Å²) in [7, 11) is 1.63. The molecule has 2 aromatic rings. The highest BCUT2D eigenvalue weighted by molar-refractivity contribution is 6.34. The molecule has 0 aliphatic heterocycles. The molecule has 106 valence electrons. The molecule has 20 heavy (non-hydrogen) atoms. The Morgan fingerprint density at radius 3 is 2.20 bits per heavy atom. The molecular weight excluding hydrogens is 303 g/mol. The van der Waals surface area contributed by atoms with E-state index >= 15 is 0 Å². The SMILES string of the molecule is CNC(c1cc(Cl)cc(Cl)c1)c1c(F)ccc(C)c1F. The van der Waals surface area contributed by atoms with Crippen LogP contribution in [0.3, 0.4) is 0 Å². The number of halogens is 4. The lowest BCUT2D eigenvalue weighted by Gasteiger charge is -2.20. The average Bonchev–Trinajstić information content (AvgIpc) is 2.38. The summed E-state index contributed by atoms with van der Waals surface area (Å²) in [5, 5.41) is 3.74. The van der Waals surface area contributed by atoms with Gasteiger partial charge in [-0.1, -0.05) is 29.3 Å². The standard InChI is InChI=1S/C15H13Cl2F2N/c1-8-3-4-12(18)13(14(8)19)15(20-2)9-5-10(16)7-11(17)6-9/h3-7,15,20H,1-2H3. The van der Waals surface area contributed by atoms with Crippen LogP contribution in [0, 0.1) is 18.6 Å². The predicted molar refractivity (Wildman–Crippen MR) is 78.5 cm³/mol. The normalized spacial score (nSPS) is 12.5. The first kappa shape index (κ1) is 15.2. The molecule has 2 aromatic carbocycles. The molecule has 0 saturated heterocycles. The summed E-state index contributed by atoms with van der Waals surface area (Å²) in [6.45, 7) is 1.59. The van der Waals surface area contributed by atoms with Crippen molar-refractivity contribution in [1.29, 1.82) is 0 Å². The van der Waals surface area contributed by atoms with Gasteiger partial charge in [-0.25, -0.2) is 8.78 Å². The number of rotatable bonds is 3. The van der Waals surface area contributed by atoms with Crippen LogP contribution in [0.1, 0.15) is 22.7 Å². The zero-order valence-corrected chi connectivity index (χ0v) is 12.5. The molecule has 0 amide bonds. The lowest BCUT2D eigenvalue weighted by atomic mass is 9.96. The maximum atomic E-state index is 14.2. The maximum Gasteiger partial charge on any atom is 0.134 e. The summed E-state index contributed by atoms with van der Waals surface area (Å²) in [5.41, 5.74) is 0.953. The van der Waals surface area contributed by atoms with Crippen LogP contribution in [0.15, 0.2) is 30.3 Å². The Hall–Kier alpha value is -1.16. The van der Waals surface area contributed by atoms with Crippen molar-refractivity contribution in [2.24, 2.45) is 0 Å². The Morgan fingerprint density at radius 2 is 1.65 bits per heavy atom. The van der Waals surface area contributed by atoms with Crippen molar-refractivity contribution in [1.82, 2.24) is 5.32 Å². The fourth-order valence-electron chi connectivity index (χ4n) is 2.16. The first-order valence-electron chi connectivity index (χ1n) is 6.01. The third-order valence-electron chi connectivity index (χ3n) is 3.12. The minimum atomic E-state index is -0.661. The lowest BCUT2D eigenvalue weighted by molar-refractivity contribution is 0.517. The second kappa shape index (κ2) is 6.08. The highest BCUT2D eigenvalue weighted by atomic mass is 35.5. The molecule has 1 nitrogen and oxygen atoms in total. The molecule has 0 bridgehead atoms. The zero-order valence-electron chi connectivity index (χ0n) is 11.0. The third kappa shape index (κ3) is 2.95. The van der Waals surface area contributed by atoms with Crippen LogP contribution in [0.5, 0.6) is 0 Å². The number of hydrogen-bond acceptors (Lipinski definition) is 1. The number of hydrogen-bond donors (Lipinski definition) is 1. The molecule has 0 aliphatic carbocycles. The van der Waals surface area contributed by atoms with Crippen molar-refractivity contribution >= 4 is 23.2 Å². The molecule has 0 spiro atoms. The Balaban J connectivity index is 2.61. The second-order valence-electron chi connectivity index (χ2n) is 4.52. The van der Waals surface area contributed by atoms with Crippen molar-refractivity contribution in [2.45, 2.75) is 13.0 Å². The molecule has 5 heteroatoms. The molecular formula is C15H13Cl2F2N. The molecule has 0 heterocycles. The van der Waals surface area contributed by atoms with Gasteiger partial charge >= 0.3 is 0 Å². The van der Waals surface area contributed by atoms with Gasteiger partial charge in [0, 0.05) is 15.6 Å². The fourth-order valence-corrected chi connectivity index (χ4v) is 2.71. The van der Waals surface area contributed by atoms with Crippen LogP contribution >= 0.6 is 23.2 Å². The van der Waals surface area contributed by atoms with E-state index in [-0.39, 0.29) is 5.56 Å². The van der Waals surface area contributed by atoms with Gasteiger partial charge < -0.3 is 5.32 Å². The predicted octanol–water partition coefficient (Wildman–Crippen LogP) is 4.89. The Bertz CT molecular complexity index is 624. The quantitative estimate of drug-likeness (QED) is 0.850. The summed E-state index contributed by atoms with van der Waals surface area (Å²) >= 11 is 11.9. The maximum absolute atomic E-state index is 14.2. The third-order valence-corrected chi connectivity index (χ3v) is 3.55. The van der Waals surface area contributed by atoms with Gasteiger partial charge in [-0.15, -0.1) is 0 Å². The van der Waals surface area contributed by atoms with E-state index < -0.39 is 17.7 Å². The Labute approximate surface area is 126 Å². The second-order valence-corrected chi connectivity index (χ2v) is 5.39. The van der Waals surface area contributed by atoms with Gasteiger partial charge in [-0.05, 0) is 49.4 Å². The molecule has 1 atom stereocenters. The molecule has 2 rings (SSSR count). The van der Waals surface area contributed by atoms with Gasteiger partial charge in [0.1, 0.15) is 11.6 Å². The lowest BCUT2D eigenvalue weighted by Crippen LogP contribution is -2.21. The van der Waals surface area contributed by atoms with Crippen molar-refractivity contribution in [3.8, 4) is 0 Å². The van der Waals surface area contributed by atoms with Crippen LogP contribution in [0.2, 0.25) is 10.0 Å². The average molecular weight is 316 g/mol. The minimum Gasteiger partial charge on any atom is -0.309 e. The van der Waals surface area contributed by atoms with Gasteiger partial charge in [0.25, 0.3) is 0 Å². The van der Waals surface area contributed by atoms with Crippen LogP contribution in [-0.4, -0.2) is 7.05 Å². The number of nitrogens with one attached hydrogen (secondary N) is 1. The molecule has 0 aromatic heterocycles. The van der Waals surface area contributed by atoms with Gasteiger partial charge in [-0.2, -0.15) is 0 Å². The smallest absolute Gasteiger partial charge is 0.134 e. The molecule has 0 aliphatic rings. The van der Waals surface area contributed by atoms with Gasteiger partial charge in [0.05, 0.1) is 6.04 Å². The number of aryl methyl sites for hydroxylation is 1. The van der Waals surface area contributed by atoms with Crippen molar-refractivity contribution < 1.29 is 8.78 Å². The summed E-state index contributed by atoms with van der Waals surface area (Å²) in [5.74, 6) is -1.18. The van der Waals surface area contributed by atoms with Crippen LogP contribution in [0.25, 0.3) is 0 Å². The molecule has 1 unspecified atom stereocenters. The summed E-state index contributed by atoms with van der Waals surface area (Å²) in [6, 6.07) is 6.84. The van der Waals surface area contributed by atoms with E-state index in [2.05, 4.69) is 5.32 Å². The van der Waals surface area contributed by atoms with Crippen LogP contribution < -0.4 is 5.32 Å². The van der Waals surface area contributed by atoms with Crippen molar-refractivity contribution in [2.75, 3.05) is 7.05 Å². The topological polar surface area (TPSA) is 12.0 Å². The van der Waals surface area contributed by atoms with E-state index in [1.54, 1.807) is 32.2 Å². The van der Waals surface area contributed by atoms with Crippen LogP contribution in [0.4, 0.5) is 8.78 Å². The van der Waals surface area contributed by atoms with Crippen molar-refractivity contribution in [3.05, 3.63) is 68.7 Å². The summed E-state index contributed by atoms with van der Waals surface area (Å²) in [6.07, 6.45) is 0. The van der Waals surface area contributed by atoms with Gasteiger partial charge in [0.15, 0.2) is 0 Å². The molecule has 0 fully saturated rings. The largest absolute Gasteiger partial charge is 0.309 e. The van der Waals surface area contributed by atoms with E-state index in [0.717, 1.165) is 0 Å². The van der Waals surface area contributed by atoms with Crippen molar-refractivity contribution in [3.63, 3.8) is 0 Å². The first-order chi connectivity index (χ1) is 9.43. The molecule has 1 N–H and O–H groups in total.